The predicted octanol–water partition coefficient (Wildman–Crippen LogP) is 5.56. The number of carbonyl (C=O) groups is 2. The molecule has 39 heavy (non-hydrogen) atoms. The number of nitrogens with zero attached hydrogens (tertiary/aromatic N) is 4. The van der Waals surface area contributed by atoms with Gasteiger partial charge in [0.25, 0.3) is 5.71 Å². The minimum atomic E-state index is -0.606. The van der Waals surface area contributed by atoms with Crippen molar-refractivity contribution in [1.82, 2.24) is 19.9 Å². The highest BCUT2D eigenvalue weighted by molar-refractivity contribution is 5.95. The van der Waals surface area contributed by atoms with Crippen LogP contribution in [0.25, 0.3) is 28.8 Å². The molecule has 3 heterocycles. The number of rotatable bonds is 6. The molecule has 10 heteroatoms. The lowest BCUT2D eigenvalue weighted by Crippen LogP contribution is -2.42. The van der Waals surface area contributed by atoms with Gasteiger partial charge in [-0.05, 0) is 69.5 Å². The van der Waals surface area contributed by atoms with E-state index in [1.807, 2.05) is 32.9 Å². The third-order valence-electron chi connectivity index (χ3n) is 5.96. The van der Waals surface area contributed by atoms with Crippen LogP contribution in [0.2, 0.25) is 0 Å². The van der Waals surface area contributed by atoms with Gasteiger partial charge in [-0.25, -0.2) is 19.2 Å². The minimum absolute atomic E-state index is 0.00352. The lowest BCUT2D eigenvalue weighted by molar-refractivity contribution is -0.162. The van der Waals surface area contributed by atoms with Crippen LogP contribution in [0.5, 0.6) is 11.8 Å². The topological polar surface area (TPSA) is 108 Å². The summed E-state index contributed by atoms with van der Waals surface area (Å²) in [5.41, 5.74) is 1.50. The fourth-order valence-electron chi connectivity index (χ4n) is 4.16. The van der Waals surface area contributed by atoms with Gasteiger partial charge >= 0.3 is 12.0 Å². The van der Waals surface area contributed by atoms with Crippen LogP contribution in [-0.2, 0) is 14.3 Å². The van der Waals surface area contributed by atoms with Crippen LogP contribution in [0, 0.1) is 5.82 Å². The smallest absolute Gasteiger partial charge is 0.329 e. The zero-order chi connectivity index (χ0) is 27.6. The third-order valence-corrected chi connectivity index (χ3v) is 5.96. The van der Waals surface area contributed by atoms with Crippen molar-refractivity contribution in [2.75, 3.05) is 6.54 Å². The van der Waals surface area contributed by atoms with Crippen LogP contribution in [0.15, 0.2) is 65.2 Å². The molecular weight excluding hydrogens is 503 g/mol. The Morgan fingerprint density at radius 3 is 2.62 bits per heavy atom. The first-order chi connectivity index (χ1) is 18.7. The molecule has 1 atom stereocenters. The lowest BCUT2D eigenvalue weighted by atomic mass is 10.1. The fourth-order valence-corrected chi connectivity index (χ4v) is 4.16. The zero-order valence-corrected chi connectivity index (χ0v) is 21.8. The molecule has 0 radical (unpaired) electrons. The minimum Gasteiger partial charge on any atom is -0.458 e. The maximum Gasteiger partial charge on any atom is 0.329 e. The molecule has 0 unspecified atom stereocenters. The van der Waals surface area contributed by atoms with Crippen LogP contribution in [0.1, 0.15) is 39.2 Å². The number of likely N-dealkylation sites (tertiary alicyclic amines) is 1. The molecule has 0 spiro atoms. The second-order valence-corrected chi connectivity index (χ2v) is 10.1. The summed E-state index contributed by atoms with van der Waals surface area (Å²) in [6.07, 6.45) is 5.94. The van der Waals surface area contributed by atoms with Crippen molar-refractivity contribution in [2.45, 2.75) is 45.3 Å². The Morgan fingerprint density at radius 2 is 1.87 bits per heavy atom. The highest BCUT2D eigenvalue weighted by Crippen LogP contribution is 2.27. The van der Waals surface area contributed by atoms with E-state index >= 15 is 0 Å². The SMILES string of the molecule is CC(C)(C)OC(=O)[C@@H]1CCCN1C(=O)C=Cc1ccc(-c2nc3cnc(Oc4ccccc4F)nc3o2)cc1. The Morgan fingerprint density at radius 1 is 1.10 bits per heavy atom. The fraction of sp³-hybridized carbons (Fsp3) is 0.276. The van der Waals surface area contributed by atoms with Gasteiger partial charge in [0, 0.05) is 18.2 Å². The van der Waals surface area contributed by atoms with Gasteiger partial charge in [-0.2, -0.15) is 4.98 Å². The summed E-state index contributed by atoms with van der Waals surface area (Å²) in [4.78, 5) is 39.6. The number of para-hydroxylation sites is 1. The largest absolute Gasteiger partial charge is 0.458 e. The van der Waals surface area contributed by atoms with Gasteiger partial charge in [0.05, 0.1) is 6.20 Å². The zero-order valence-electron chi connectivity index (χ0n) is 21.8. The van der Waals surface area contributed by atoms with Crippen molar-refractivity contribution < 1.29 is 27.9 Å². The monoisotopic (exact) mass is 530 g/mol. The molecule has 5 rings (SSSR count). The Balaban J connectivity index is 1.25. The number of benzene rings is 2. The first-order valence-electron chi connectivity index (χ1n) is 12.5. The maximum absolute atomic E-state index is 13.9. The summed E-state index contributed by atoms with van der Waals surface area (Å²) < 4.78 is 30.5. The van der Waals surface area contributed by atoms with Crippen LogP contribution >= 0.6 is 0 Å². The van der Waals surface area contributed by atoms with Crippen molar-refractivity contribution in [3.8, 4) is 23.2 Å². The van der Waals surface area contributed by atoms with E-state index in [1.54, 1.807) is 35.2 Å². The van der Waals surface area contributed by atoms with Gasteiger partial charge in [-0.15, -0.1) is 0 Å². The number of esters is 1. The quantitative estimate of drug-likeness (QED) is 0.235. The molecule has 1 aliphatic rings. The van der Waals surface area contributed by atoms with E-state index < -0.39 is 17.5 Å². The van der Waals surface area contributed by atoms with Crippen molar-refractivity contribution >= 4 is 29.2 Å². The predicted molar refractivity (Wildman–Crippen MR) is 141 cm³/mol. The lowest BCUT2D eigenvalue weighted by Gasteiger charge is -2.26. The molecule has 0 bridgehead atoms. The highest BCUT2D eigenvalue weighted by Gasteiger charge is 2.36. The number of hydrogen-bond acceptors (Lipinski definition) is 8. The summed E-state index contributed by atoms with van der Waals surface area (Å²) in [7, 11) is 0. The van der Waals surface area contributed by atoms with E-state index in [-0.39, 0.29) is 29.3 Å². The Labute approximate surface area is 224 Å². The number of carbonyl (C=O) groups excluding carboxylic acids is 2. The highest BCUT2D eigenvalue weighted by atomic mass is 19.1. The summed E-state index contributed by atoms with van der Waals surface area (Å²) in [5, 5.41) is 0. The summed E-state index contributed by atoms with van der Waals surface area (Å²) in [6.45, 7) is 5.94. The number of aromatic nitrogens is 3. The summed E-state index contributed by atoms with van der Waals surface area (Å²) in [5.74, 6) is -0.813. The number of halogens is 1. The van der Waals surface area contributed by atoms with E-state index in [0.29, 0.717) is 29.9 Å². The van der Waals surface area contributed by atoms with Crippen LogP contribution in [-0.4, -0.2) is 49.9 Å². The first kappa shape index (κ1) is 26.0. The number of ether oxygens (including phenoxy) is 2. The molecule has 2 aromatic carbocycles. The number of fused-ring (bicyclic) bond motifs is 1. The Bertz CT molecular complexity index is 1540. The van der Waals surface area contributed by atoms with Gasteiger partial charge in [0.15, 0.2) is 11.6 Å². The molecule has 1 saturated heterocycles. The molecule has 1 amide bonds. The van der Waals surface area contributed by atoms with E-state index in [0.717, 1.165) is 12.0 Å². The van der Waals surface area contributed by atoms with Gasteiger partial charge < -0.3 is 18.8 Å². The Hall–Kier alpha value is -4.60. The first-order valence-corrected chi connectivity index (χ1v) is 12.5. The standard InChI is InChI=1S/C29H27FN4O5/c1-29(2,3)39-27(36)22-8-6-16-34(22)24(35)15-12-18-10-13-19(14-11-18)25-32-21-17-31-28(33-26(21)38-25)37-23-9-5-4-7-20(23)30/h4-5,7,9-15,17,22H,6,8,16H2,1-3H3/t22-/m0/s1. The Kier molecular flexibility index (Phi) is 7.10. The van der Waals surface area contributed by atoms with Crippen molar-refractivity contribution in [3.63, 3.8) is 0 Å². The van der Waals surface area contributed by atoms with E-state index in [2.05, 4.69) is 15.0 Å². The normalized spacial score (nSPS) is 15.7. The molecule has 0 aliphatic carbocycles. The van der Waals surface area contributed by atoms with Crippen LogP contribution < -0.4 is 4.74 Å². The van der Waals surface area contributed by atoms with Crippen molar-refractivity contribution in [3.05, 3.63) is 72.2 Å². The second kappa shape index (κ2) is 10.6. The number of oxazole rings is 1. The van der Waals surface area contributed by atoms with Crippen LogP contribution in [0.4, 0.5) is 4.39 Å². The van der Waals surface area contributed by atoms with Crippen molar-refractivity contribution in [2.24, 2.45) is 0 Å². The second-order valence-electron chi connectivity index (χ2n) is 10.1. The maximum atomic E-state index is 13.9. The average Bonchev–Trinajstić information content (AvgIpc) is 3.55. The molecule has 1 fully saturated rings. The molecule has 4 aromatic rings. The van der Waals surface area contributed by atoms with Gasteiger partial charge in [0.2, 0.25) is 11.8 Å². The molecular formula is C29H27FN4O5. The third kappa shape index (κ3) is 6.11. The summed E-state index contributed by atoms with van der Waals surface area (Å²) in [6, 6.07) is 12.6. The molecule has 0 saturated carbocycles. The molecule has 0 N–H and O–H groups in total. The average molecular weight is 531 g/mol. The van der Waals surface area contributed by atoms with Gasteiger partial charge in [-0.1, -0.05) is 24.3 Å². The van der Waals surface area contributed by atoms with Gasteiger partial charge in [0.1, 0.15) is 17.2 Å². The molecule has 9 nitrogen and oxygen atoms in total. The van der Waals surface area contributed by atoms with Gasteiger partial charge in [-0.3, -0.25) is 4.79 Å². The summed E-state index contributed by atoms with van der Waals surface area (Å²) >= 11 is 0. The number of hydrogen-bond donors (Lipinski definition) is 0. The van der Waals surface area contributed by atoms with E-state index in [4.69, 9.17) is 13.9 Å². The molecule has 1 aliphatic heterocycles. The molecule has 2 aromatic heterocycles. The van der Waals surface area contributed by atoms with E-state index in [1.165, 1.54) is 24.4 Å². The van der Waals surface area contributed by atoms with E-state index in [9.17, 15) is 14.0 Å². The van der Waals surface area contributed by atoms with Crippen LogP contribution in [0.3, 0.4) is 0 Å². The van der Waals surface area contributed by atoms with Crippen molar-refractivity contribution in [1.29, 1.82) is 0 Å². The number of amides is 1. The molecule has 200 valence electrons.